The zero-order chi connectivity index (χ0) is 22.4. The third-order valence-corrected chi connectivity index (χ3v) is 7.68. The highest BCUT2D eigenvalue weighted by Crippen LogP contribution is 2.34. The van der Waals surface area contributed by atoms with Crippen LogP contribution in [0.4, 0.5) is 5.69 Å². The Balaban J connectivity index is 1.47. The quantitative estimate of drug-likeness (QED) is 0.141. The average Bonchev–Trinajstić information content (AvgIpc) is 3.25. The number of anilines is 1. The van der Waals surface area contributed by atoms with Gasteiger partial charge in [0.25, 0.3) is 0 Å². The monoisotopic (exact) mass is 469 g/mol. The predicted molar refractivity (Wildman–Crippen MR) is 139 cm³/mol. The average molecular weight is 470 g/mol. The van der Waals surface area contributed by atoms with E-state index in [1.807, 2.05) is 53.3 Å². The standard InChI is InChI=1S/C25H35N5S2/c1-2-3-4-5-6-7-8-9-10-13-20-31-32-25-29-28-24(23-14-11-12-19-27-23)30(25)22-17-15-21(26)16-18-22/h11-12,14-19H,2-10,13,20,26H2,1H3. The number of hydrogen-bond donors (Lipinski definition) is 1. The van der Waals surface area contributed by atoms with E-state index >= 15 is 0 Å². The van der Waals surface area contributed by atoms with Crippen LogP contribution in [0.25, 0.3) is 17.2 Å². The summed E-state index contributed by atoms with van der Waals surface area (Å²) in [4.78, 5) is 4.47. The number of nitrogen functional groups attached to an aromatic ring is 1. The second-order valence-corrected chi connectivity index (χ2v) is 10.4. The summed E-state index contributed by atoms with van der Waals surface area (Å²) < 4.78 is 2.07. The van der Waals surface area contributed by atoms with Gasteiger partial charge in [-0.3, -0.25) is 9.55 Å². The topological polar surface area (TPSA) is 69.6 Å². The van der Waals surface area contributed by atoms with Gasteiger partial charge in [-0.2, -0.15) is 0 Å². The van der Waals surface area contributed by atoms with E-state index in [4.69, 9.17) is 5.73 Å². The van der Waals surface area contributed by atoms with Crippen LogP contribution in [0, 0.1) is 0 Å². The van der Waals surface area contributed by atoms with Crippen LogP contribution in [0.1, 0.15) is 71.1 Å². The minimum Gasteiger partial charge on any atom is -0.399 e. The molecule has 0 fully saturated rings. The van der Waals surface area contributed by atoms with Crippen LogP contribution in [0.5, 0.6) is 0 Å². The number of benzene rings is 1. The van der Waals surface area contributed by atoms with E-state index in [9.17, 15) is 0 Å². The molecule has 0 saturated carbocycles. The van der Waals surface area contributed by atoms with Crippen molar-refractivity contribution >= 4 is 27.3 Å². The third-order valence-electron chi connectivity index (χ3n) is 5.39. The molecule has 2 heterocycles. The highest BCUT2D eigenvalue weighted by atomic mass is 33.1. The van der Waals surface area contributed by atoms with Crippen LogP contribution in [0.3, 0.4) is 0 Å². The van der Waals surface area contributed by atoms with Gasteiger partial charge in [0.05, 0.1) is 0 Å². The fraction of sp³-hybridized carbons (Fsp3) is 0.480. The lowest BCUT2D eigenvalue weighted by Gasteiger charge is -2.10. The van der Waals surface area contributed by atoms with Crippen molar-refractivity contribution in [2.24, 2.45) is 0 Å². The Labute approximate surface area is 200 Å². The van der Waals surface area contributed by atoms with Crippen LogP contribution >= 0.6 is 21.6 Å². The van der Waals surface area contributed by atoms with E-state index in [-0.39, 0.29) is 0 Å². The fourth-order valence-electron chi connectivity index (χ4n) is 3.58. The number of unbranched alkanes of at least 4 members (excludes halogenated alkanes) is 9. The normalized spacial score (nSPS) is 11.2. The summed E-state index contributed by atoms with van der Waals surface area (Å²) in [5, 5.41) is 9.78. The molecule has 0 atom stereocenters. The maximum atomic E-state index is 5.89. The molecule has 1 aromatic carbocycles. The summed E-state index contributed by atoms with van der Waals surface area (Å²) in [7, 11) is 3.54. The first-order valence-electron chi connectivity index (χ1n) is 11.8. The number of nitrogens with zero attached hydrogens (tertiary/aromatic N) is 4. The summed E-state index contributed by atoms with van der Waals surface area (Å²) in [5.74, 6) is 1.87. The Kier molecular flexibility index (Phi) is 11.0. The van der Waals surface area contributed by atoms with Gasteiger partial charge in [-0.15, -0.1) is 10.2 Å². The maximum Gasteiger partial charge on any atom is 0.206 e. The molecule has 3 aromatic rings. The molecule has 2 aromatic heterocycles. The maximum absolute atomic E-state index is 5.89. The van der Waals surface area contributed by atoms with Crippen molar-refractivity contribution in [3.05, 3.63) is 48.7 Å². The smallest absolute Gasteiger partial charge is 0.206 e. The Morgan fingerprint density at radius 1 is 0.812 bits per heavy atom. The molecule has 0 bridgehead atoms. The van der Waals surface area contributed by atoms with Gasteiger partial charge in [-0.1, -0.05) is 81.6 Å². The van der Waals surface area contributed by atoms with Crippen LogP contribution in [0.2, 0.25) is 0 Å². The van der Waals surface area contributed by atoms with E-state index in [0.717, 1.165) is 33.8 Å². The van der Waals surface area contributed by atoms with Crippen molar-refractivity contribution < 1.29 is 0 Å². The minimum absolute atomic E-state index is 0.741. The lowest BCUT2D eigenvalue weighted by molar-refractivity contribution is 0.563. The summed E-state index contributed by atoms with van der Waals surface area (Å²) >= 11 is 0. The number of pyridine rings is 1. The zero-order valence-electron chi connectivity index (χ0n) is 19.1. The molecule has 172 valence electrons. The first-order valence-corrected chi connectivity index (χ1v) is 14.1. The van der Waals surface area contributed by atoms with E-state index in [0.29, 0.717) is 0 Å². The number of rotatable bonds is 15. The fourth-order valence-corrected chi connectivity index (χ4v) is 5.68. The summed E-state index contributed by atoms with van der Waals surface area (Å²) in [6.45, 7) is 2.28. The van der Waals surface area contributed by atoms with Gasteiger partial charge >= 0.3 is 0 Å². The number of aromatic nitrogens is 4. The first-order chi connectivity index (χ1) is 15.8. The molecular weight excluding hydrogens is 434 g/mol. The SMILES string of the molecule is CCCCCCCCCCCCSSc1nnc(-c2ccccn2)n1-c1ccc(N)cc1. The van der Waals surface area contributed by atoms with Crippen molar-refractivity contribution in [1.82, 2.24) is 19.7 Å². The summed E-state index contributed by atoms with van der Waals surface area (Å²) in [6, 6.07) is 13.7. The van der Waals surface area contributed by atoms with Crippen LogP contribution in [-0.2, 0) is 0 Å². The van der Waals surface area contributed by atoms with Gasteiger partial charge in [0.15, 0.2) is 5.82 Å². The van der Waals surface area contributed by atoms with E-state index in [1.165, 1.54) is 64.2 Å². The Bertz CT molecular complexity index is 896. The van der Waals surface area contributed by atoms with Crippen molar-refractivity contribution in [3.63, 3.8) is 0 Å². The third kappa shape index (κ3) is 7.85. The second kappa shape index (κ2) is 14.2. The minimum atomic E-state index is 0.741. The highest BCUT2D eigenvalue weighted by molar-refractivity contribution is 8.76. The Morgan fingerprint density at radius 3 is 2.16 bits per heavy atom. The van der Waals surface area contributed by atoms with Crippen LogP contribution in [-0.4, -0.2) is 25.5 Å². The molecule has 0 aliphatic heterocycles. The highest BCUT2D eigenvalue weighted by Gasteiger charge is 2.17. The molecule has 0 spiro atoms. The molecule has 2 N–H and O–H groups in total. The molecule has 5 nitrogen and oxygen atoms in total. The van der Waals surface area contributed by atoms with Gasteiger partial charge in [0.2, 0.25) is 5.16 Å². The molecule has 3 rings (SSSR count). The molecular formula is C25H35N5S2. The van der Waals surface area contributed by atoms with E-state index in [2.05, 4.69) is 26.7 Å². The largest absolute Gasteiger partial charge is 0.399 e. The van der Waals surface area contributed by atoms with Gasteiger partial charge in [-0.05, 0) is 53.6 Å². The van der Waals surface area contributed by atoms with Gasteiger partial charge < -0.3 is 5.73 Å². The van der Waals surface area contributed by atoms with Gasteiger partial charge in [0.1, 0.15) is 5.69 Å². The molecule has 0 aliphatic carbocycles. The van der Waals surface area contributed by atoms with Gasteiger partial charge in [0, 0.05) is 23.3 Å². The molecule has 0 unspecified atom stereocenters. The lowest BCUT2D eigenvalue weighted by Crippen LogP contribution is -2.00. The molecule has 0 radical (unpaired) electrons. The summed E-state index contributed by atoms with van der Waals surface area (Å²) in [5.41, 5.74) is 8.43. The van der Waals surface area contributed by atoms with Gasteiger partial charge in [-0.25, -0.2) is 0 Å². The van der Waals surface area contributed by atoms with Crippen LogP contribution in [0.15, 0.2) is 53.8 Å². The molecule has 32 heavy (non-hydrogen) atoms. The zero-order valence-corrected chi connectivity index (χ0v) is 20.7. The summed E-state index contributed by atoms with van der Waals surface area (Å²) in [6.07, 6.45) is 15.4. The molecule has 7 heteroatoms. The van der Waals surface area contributed by atoms with Crippen molar-refractivity contribution in [3.8, 4) is 17.2 Å². The molecule has 0 amide bonds. The predicted octanol–water partition coefficient (Wildman–Crippen LogP) is 7.57. The number of nitrogens with two attached hydrogens (primary N) is 1. The van der Waals surface area contributed by atoms with Crippen LogP contribution < -0.4 is 5.73 Å². The molecule has 0 saturated heterocycles. The molecule has 0 aliphatic rings. The second-order valence-electron chi connectivity index (χ2n) is 8.04. The van der Waals surface area contributed by atoms with Crippen molar-refractivity contribution in [1.29, 1.82) is 0 Å². The number of hydrogen-bond acceptors (Lipinski definition) is 6. The van der Waals surface area contributed by atoms with Crippen molar-refractivity contribution in [2.75, 3.05) is 11.5 Å². The Hall–Kier alpha value is -1.99. The van der Waals surface area contributed by atoms with E-state index in [1.54, 1.807) is 17.0 Å². The first kappa shape index (κ1) is 24.6. The van der Waals surface area contributed by atoms with E-state index < -0.39 is 0 Å². The van der Waals surface area contributed by atoms with Crippen molar-refractivity contribution in [2.45, 2.75) is 76.3 Å². The Morgan fingerprint density at radius 2 is 1.50 bits per heavy atom. The lowest BCUT2D eigenvalue weighted by atomic mass is 10.1.